The van der Waals surface area contributed by atoms with Gasteiger partial charge in [0.25, 0.3) is 5.91 Å². The third-order valence-corrected chi connectivity index (χ3v) is 5.35. The zero-order valence-electron chi connectivity index (χ0n) is 15.0. The van der Waals surface area contributed by atoms with Crippen LogP contribution in [0.3, 0.4) is 0 Å². The van der Waals surface area contributed by atoms with Gasteiger partial charge in [0.05, 0.1) is 13.7 Å². The second-order valence-electron chi connectivity index (χ2n) is 6.64. The van der Waals surface area contributed by atoms with E-state index in [0.29, 0.717) is 12.5 Å². The Bertz CT molecular complexity index is 594. The quantitative estimate of drug-likeness (QED) is 0.732. The Labute approximate surface area is 152 Å². The highest BCUT2D eigenvalue weighted by Crippen LogP contribution is 2.37. The minimum absolute atomic E-state index is 0.0129. The number of quaternary nitrogens is 1. The van der Waals surface area contributed by atoms with Crippen LogP contribution in [0.1, 0.15) is 24.8 Å². The Kier molecular flexibility index (Phi) is 7.25. The fourth-order valence-electron chi connectivity index (χ4n) is 3.00. The van der Waals surface area contributed by atoms with Crippen LogP contribution in [0.25, 0.3) is 0 Å². The van der Waals surface area contributed by atoms with E-state index in [1.165, 1.54) is 19.2 Å². The second kappa shape index (κ2) is 9.20. The summed E-state index contributed by atoms with van der Waals surface area (Å²) in [5, 5.41) is -0.0912. The van der Waals surface area contributed by atoms with Gasteiger partial charge in [0.2, 0.25) is 0 Å². The van der Waals surface area contributed by atoms with Gasteiger partial charge >= 0.3 is 5.97 Å². The van der Waals surface area contributed by atoms with Crippen LogP contribution in [-0.4, -0.2) is 55.8 Å². The van der Waals surface area contributed by atoms with Crippen molar-refractivity contribution in [1.29, 1.82) is 0 Å². The summed E-state index contributed by atoms with van der Waals surface area (Å²) in [4.78, 5) is 27.2. The van der Waals surface area contributed by atoms with Crippen molar-refractivity contribution >= 4 is 23.6 Å². The monoisotopic (exact) mass is 369 g/mol. The number of rotatable bonds is 7. The van der Waals surface area contributed by atoms with Gasteiger partial charge in [0, 0.05) is 18.2 Å². The molecule has 1 aliphatic rings. The smallest absolute Gasteiger partial charge is 0.361 e. The molecule has 2 rings (SSSR count). The van der Waals surface area contributed by atoms with Crippen LogP contribution in [0, 0.1) is 11.7 Å². The highest BCUT2D eigenvalue weighted by atomic mass is 32.2. The average Bonchev–Trinajstić information content (AvgIpc) is 3.04. The topological polar surface area (TPSA) is 51.1 Å². The summed E-state index contributed by atoms with van der Waals surface area (Å²) in [6, 6.07) is 6.30. The maximum atomic E-state index is 13.1. The molecule has 0 saturated carbocycles. The molecule has 5 nitrogen and oxygen atoms in total. The van der Waals surface area contributed by atoms with Crippen molar-refractivity contribution in [1.82, 2.24) is 4.90 Å². The number of methoxy groups -OCH3 is 1. The van der Waals surface area contributed by atoms with Crippen LogP contribution >= 0.6 is 11.8 Å². The van der Waals surface area contributed by atoms with Crippen molar-refractivity contribution in [3.8, 4) is 0 Å². The van der Waals surface area contributed by atoms with Gasteiger partial charge in [-0.2, -0.15) is 0 Å². The zero-order valence-corrected chi connectivity index (χ0v) is 15.8. The third-order valence-electron chi connectivity index (χ3n) is 4.09. The van der Waals surface area contributed by atoms with E-state index in [9.17, 15) is 14.0 Å². The molecule has 1 aliphatic heterocycles. The lowest BCUT2D eigenvalue weighted by Gasteiger charge is -2.27. The largest absolute Gasteiger partial charge is 0.465 e. The first-order valence-electron chi connectivity index (χ1n) is 8.47. The highest BCUT2D eigenvalue weighted by Gasteiger charge is 2.33. The molecule has 1 unspecified atom stereocenters. The van der Waals surface area contributed by atoms with Crippen molar-refractivity contribution in [2.75, 3.05) is 39.0 Å². The summed E-state index contributed by atoms with van der Waals surface area (Å²) in [6.07, 6.45) is 0. The van der Waals surface area contributed by atoms with Crippen LogP contribution in [0.5, 0.6) is 0 Å². The highest BCUT2D eigenvalue weighted by molar-refractivity contribution is 7.99. The number of nitrogens with zero attached hydrogens (tertiary/aromatic N) is 1. The summed E-state index contributed by atoms with van der Waals surface area (Å²) in [6.45, 7) is 5.96. The molecule has 1 heterocycles. The Morgan fingerprint density at radius 3 is 2.60 bits per heavy atom. The van der Waals surface area contributed by atoms with Gasteiger partial charge < -0.3 is 14.5 Å². The number of thioether (sulfide) groups is 1. The van der Waals surface area contributed by atoms with Crippen LogP contribution in [0.4, 0.5) is 4.39 Å². The number of carbonyl (C=O) groups excluding carboxylic acids is 2. The summed E-state index contributed by atoms with van der Waals surface area (Å²) < 4.78 is 17.9. The predicted molar refractivity (Wildman–Crippen MR) is 95.7 cm³/mol. The van der Waals surface area contributed by atoms with Crippen LogP contribution in [0.2, 0.25) is 0 Å². The number of ether oxygens (including phenoxy) is 1. The Hall–Kier alpha value is -1.60. The summed E-state index contributed by atoms with van der Waals surface area (Å²) in [7, 11) is 1.36. The Morgan fingerprint density at radius 2 is 2.00 bits per heavy atom. The Balaban J connectivity index is 2.05. The van der Waals surface area contributed by atoms with Gasteiger partial charge in [-0.25, -0.2) is 9.18 Å². The molecular formula is C18H26FN2O3S+. The lowest BCUT2D eigenvalue weighted by Crippen LogP contribution is -3.14. The lowest BCUT2D eigenvalue weighted by atomic mass is 10.2. The molecule has 0 aromatic heterocycles. The summed E-state index contributed by atoms with van der Waals surface area (Å²) in [5.74, 6) is 0.640. The molecule has 1 aromatic carbocycles. The minimum Gasteiger partial charge on any atom is -0.465 e. The van der Waals surface area contributed by atoms with E-state index in [1.54, 1.807) is 23.9 Å². The van der Waals surface area contributed by atoms with Crippen molar-refractivity contribution in [2.24, 2.45) is 5.92 Å². The molecule has 1 N–H and O–H groups in total. The van der Waals surface area contributed by atoms with Gasteiger partial charge in [-0.3, -0.25) is 4.79 Å². The van der Waals surface area contributed by atoms with Gasteiger partial charge in [-0.1, -0.05) is 26.0 Å². The summed E-state index contributed by atoms with van der Waals surface area (Å²) >= 11 is 1.68. The SMILES string of the molecule is COC(=O)C[NH+](CC(=O)N1CCS[C@H]1c1ccc(F)cc1)CC(C)C. The van der Waals surface area contributed by atoms with Crippen molar-refractivity contribution in [3.05, 3.63) is 35.6 Å². The van der Waals surface area contributed by atoms with Gasteiger partial charge in [-0.15, -0.1) is 11.8 Å². The first-order chi connectivity index (χ1) is 11.9. The molecule has 0 radical (unpaired) electrons. The number of amides is 1. The van der Waals surface area contributed by atoms with E-state index in [-0.39, 0.29) is 36.2 Å². The molecule has 138 valence electrons. The number of halogens is 1. The maximum Gasteiger partial charge on any atom is 0.361 e. The molecule has 1 amide bonds. The molecule has 1 aromatic rings. The van der Waals surface area contributed by atoms with Gasteiger partial charge in [0.15, 0.2) is 13.1 Å². The number of benzene rings is 1. The number of carbonyl (C=O) groups is 2. The van der Waals surface area contributed by atoms with E-state index in [1.807, 2.05) is 4.90 Å². The molecule has 1 fully saturated rings. The number of hydrogen-bond donors (Lipinski definition) is 1. The van der Waals surface area contributed by atoms with Crippen molar-refractivity contribution in [3.63, 3.8) is 0 Å². The first kappa shape index (κ1) is 19.7. The molecule has 2 atom stereocenters. The number of hydrogen-bond acceptors (Lipinski definition) is 4. The molecule has 7 heteroatoms. The van der Waals surface area contributed by atoms with Gasteiger partial charge in [0.1, 0.15) is 11.2 Å². The first-order valence-corrected chi connectivity index (χ1v) is 9.52. The van der Waals surface area contributed by atoms with Gasteiger partial charge in [-0.05, 0) is 17.7 Å². The Morgan fingerprint density at radius 1 is 1.32 bits per heavy atom. The van der Waals surface area contributed by atoms with Crippen LogP contribution < -0.4 is 4.90 Å². The fraction of sp³-hybridized carbons (Fsp3) is 0.556. The van der Waals surface area contributed by atoms with Crippen molar-refractivity contribution in [2.45, 2.75) is 19.2 Å². The molecular weight excluding hydrogens is 343 g/mol. The molecule has 0 bridgehead atoms. The van der Waals surface area contributed by atoms with E-state index in [2.05, 4.69) is 13.8 Å². The van der Waals surface area contributed by atoms with E-state index in [0.717, 1.165) is 22.8 Å². The maximum absolute atomic E-state index is 13.1. The summed E-state index contributed by atoms with van der Waals surface area (Å²) in [5.41, 5.74) is 0.927. The van der Waals surface area contributed by atoms with Crippen molar-refractivity contribution < 1.29 is 23.6 Å². The third kappa shape index (κ3) is 5.71. The predicted octanol–water partition coefficient (Wildman–Crippen LogP) is 1.11. The van der Waals surface area contributed by atoms with E-state index >= 15 is 0 Å². The lowest BCUT2D eigenvalue weighted by molar-refractivity contribution is -0.887. The molecule has 25 heavy (non-hydrogen) atoms. The van der Waals surface area contributed by atoms with E-state index < -0.39 is 0 Å². The fourth-order valence-corrected chi connectivity index (χ4v) is 4.28. The van der Waals surface area contributed by atoms with Crippen LogP contribution in [-0.2, 0) is 14.3 Å². The van der Waals surface area contributed by atoms with Crippen LogP contribution in [0.15, 0.2) is 24.3 Å². The number of esters is 1. The van der Waals surface area contributed by atoms with E-state index in [4.69, 9.17) is 4.74 Å². The minimum atomic E-state index is -0.311. The average molecular weight is 369 g/mol. The molecule has 0 aliphatic carbocycles. The zero-order chi connectivity index (χ0) is 18.4. The second-order valence-corrected chi connectivity index (χ2v) is 7.83. The molecule has 0 spiro atoms. The standard InChI is InChI=1S/C18H25FN2O3S/c1-13(2)10-20(12-17(23)24-3)11-16(22)21-8-9-25-18(21)14-4-6-15(19)7-5-14/h4-7,13,18H,8-12H2,1-3H3/p+1/t18-/m0/s1. The number of nitrogens with one attached hydrogen (secondary N) is 1. The molecule has 1 saturated heterocycles. The normalized spacial score (nSPS) is 18.4.